The Morgan fingerprint density at radius 2 is 1.95 bits per heavy atom. The van der Waals surface area contributed by atoms with Crippen molar-refractivity contribution in [1.82, 2.24) is 5.32 Å². The summed E-state index contributed by atoms with van der Waals surface area (Å²) < 4.78 is 5.18. The van der Waals surface area contributed by atoms with E-state index in [4.69, 9.17) is 4.74 Å². The summed E-state index contributed by atoms with van der Waals surface area (Å²) in [7, 11) is 1.66. The second-order valence-electron chi connectivity index (χ2n) is 6.15. The number of hydrogen-bond donors (Lipinski definition) is 1. The first-order valence-electron chi connectivity index (χ1n) is 7.86. The molecule has 22 heavy (non-hydrogen) atoms. The summed E-state index contributed by atoms with van der Waals surface area (Å²) in [6, 6.07) is 7.77. The summed E-state index contributed by atoms with van der Waals surface area (Å²) in [5.74, 6) is 1.34. The lowest BCUT2D eigenvalue weighted by atomic mass is 9.91. The molecule has 1 N–H and O–H groups in total. The number of benzene rings is 1. The average Bonchev–Trinajstić information content (AvgIpc) is 3.22. The molecule has 3 rings (SSSR count). The van der Waals surface area contributed by atoms with Crippen molar-refractivity contribution < 1.29 is 9.53 Å². The quantitative estimate of drug-likeness (QED) is 0.926. The van der Waals surface area contributed by atoms with Crippen molar-refractivity contribution in [3.63, 3.8) is 0 Å². The van der Waals surface area contributed by atoms with Gasteiger partial charge in [0.15, 0.2) is 0 Å². The van der Waals surface area contributed by atoms with E-state index in [-0.39, 0.29) is 18.3 Å². The molecule has 122 valence electrons. The van der Waals surface area contributed by atoms with Gasteiger partial charge in [0.1, 0.15) is 5.75 Å². The third kappa shape index (κ3) is 3.08. The van der Waals surface area contributed by atoms with Gasteiger partial charge in [0, 0.05) is 18.2 Å². The van der Waals surface area contributed by atoms with Crippen molar-refractivity contribution in [2.24, 2.45) is 11.3 Å². The van der Waals surface area contributed by atoms with Crippen LogP contribution >= 0.6 is 12.4 Å². The van der Waals surface area contributed by atoms with E-state index in [0.717, 1.165) is 50.3 Å². The molecule has 2 fully saturated rings. The Bertz CT molecular complexity index is 512. The molecule has 1 aromatic carbocycles. The van der Waals surface area contributed by atoms with Crippen LogP contribution in [0.4, 0.5) is 5.69 Å². The van der Waals surface area contributed by atoms with Crippen molar-refractivity contribution in [2.75, 3.05) is 31.6 Å². The fourth-order valence-corrected chi connectivity index (χ4v) is 3.59. The molecule has 1 aromatic rings. The minimum atomic E-state index is 0. The Balaban J connectivity index is 0.00000176. The van der Waals surface area contributed by atoms with E-state index in [1.165, 1.54) is 0 Å². The Labute approximate surface area is 138 Å². The number of carbonyl (C=O) groups excluding carboxylic acids is 1. The maximum Gasteiger partial charge on any atom is 0.230 e. The summed E-state index contributed by atoms with van der Waals surface area (Å²) in [6.07, 6.45) is 3.35. The van der Waals surface area contributed by atoms with Crippen LogP contribution in [0.1, 0.15) is 26.2 Å². The van der Waals surface area contributed by atoms with Crippen molar-refractivity contribution in [3.8, 4) is 5.75 Å². The van der Waals surface area contributed by atoms with Crippen LogP contribution in [-0.2, 0) is 4.79 Å². The van der Waals surface area contributed by atoms with Gasteiger partial charge in [0.05, 0.1) is 7.11 Å². The number of ether oxygens (including phenoxy) is 1. The maximum absolute atomic E-state index is 12.8. The molecule has 1 heterocycles. The topological polar surface area (TPSA) is 41.6 Å². The van der Waals surface area contributed by atoms with E-state index < -0.39 is 0 Å². The lowest BCUT2D eigenvalue weighted by Gasteiger charge is -2.26. The second kappa shape index (κ2) is 6.88. The van der Waals surface area contributed by atoms with Gasteiger partial charge in [-0.05, 0) is 69.0 Å². The van der Waals surface area contributed by atoms with Gasteiger partial charge in [-0.25, -0.2) is 0 Å². The highest BCUT2D eigenvalue weighted by Gasteiger charge is 2.58. The van der Waals surface area contributed by atoms with Gasteiger partial charge < -0.3 is 15.0 Å². The molecule has 1 aliphatic heterocycles. The number of anilines is 1. The Kier molecular flexibility index (Phi) is 5.35. The van der Waals surface area contributed by atoms with E-state index in [2.05, 4.69) is 5.32 Å². The first-order chi connectivity index (χ1) is 10.2. The van der Waals surface area contributed by atoms with Gasteiger partial charge in [0.25, 0.3) is 0 Å². The molecule has 1 aliphatic carbocycles. The Hall–Kier alpha value is -1.26. The van der Waals surface area contributed by atoms with Crippen LogP contribution in [0, 0.1) is 11.3 Å². The van der Waals surface area contributed by atoms with Crippen LogP contribution < -0.4 is 15.0 Å². The third-order valence-electron chi connectivity index (χ3n) is 5.05. The maximum atomic E-state index is 12.8. The molecule has 0 aromatic heterocycles. The van der Waals surface area contributed by atoms with E-state index in [9.17, 15) is 4.79 Å². The number of nitrogens with zero attached hydrogens (tertiary/aromatic N) is 1. The predicted molar refractivity (Wildman–Crippen MR) is 90.9 cm³/mol. The zero-order chi connectivity index (χ0) is 14.9. The summed E-state index contributed by atoms with van der Waals surface area (Å²) in [4.78, 5) is 14.8. The molecule has 2 aliphatic rings. The predicted octanol–water partition coefficient (Wildman–Crippen LogP) is 2.86. The highest BCUT2D eigenvalue weighted by Crippen LogP contribution is 2.59. The van der Waals surface area contributed by atoms with Gasteiger partial charge in [0.2, 0.25) is 5.91 Å². The molecule has 1 saturated heterocycles. The van der Waals surface area contributed by atoms with Crippen LogP contribution in [0.15, 0.2) is 24.3 Å². The van der Waals surface area contributed by atoms with Gasteiger partial charge in [-0.1, -0.05) is 0 Å². The van der Waals surface area contributed by atoms with E-state index in [1.807, 2.05) is 36.1 Å². The molecule has 1 spiro atoms. The molecule has 1 amide bonds. The SMILES string of the molecule is CCN(C(=O)C1CC12CCNCC2)c1ccc(OC)cc1.Cl. The molecular formula is C17H25ClN2O2. The van der Waals surface area contributed by atoms with Crippen molar-refractivity contribution in [3.05, 3.63) is 24.3 Å². The minimum absolute atomic E-state index is 0. The van der Waals surface area contributed by atoms with Gasteiger partial charge in [-0.2, -0.15) is 0 Å². The largest absolute Gasteiger partial charge is 0.497 e. The smallest absolute Gasteiger partial charge is 0.230 e. The molecule has 0 radical (unpaired) electrons. The fraction of sp³-hybridized carbons (Fsp3) is 0.588. The molecule has 4 nitrogen and oxygen atoms in total. The average molecular weight is 325 g/mol. The number of halogens is 1. The normalized spacial score (nSPS) is 21.8. The number of carbonyl (C=O) groups is 1. The van der Waals surface area contributed by atoms with E-state index in [0.29, 0.717) is 11.3 Å². The molecule has 1 atom stereocenters. The zero-order valence-corrected chi connectivity index (χ0v) is 14.1. The lowest BCUT2D eigenvalue weighted by molar-refractivity contribution is -0.120. The standard InChI is InChI=1S/C17H24N2O2.ClH/c1-3-19(13-4-6-14(21-2)7-5-13)16(20)15-12-17(15)8-10-18-11-9-17;/h4-7,15,18H,3,8-12H2,1-2H3;1H. The van der Waals surface area contributed by atoms with Gasteiger partial charge >= 0.3 is 0 Å². The third-order valence-corrected chi connectivity index (χ3v) is 5.05. The lowest BCUT2D eigenvalue weighted by Crippen LogP contribution is -2.36. The molecule has 0 bridgehead atoms. The van der Waals surface area contributed by atoms with Gasteiger partial charge in [-0.15, -0.1) is 12.4 Å². The summed E-state index contributed by atoms with van der Waals surface area (Å²) in [5, 5.41) is 3.39. The summed E-state index contributed by atoms with van der Waals surface area (Å²) in [6.45, 7) is 4.87. The van der Waals surface area contributed by atoms with E-state index >= 15 is 0 Å². The van der Waals surface area contributed by atoms with Crippen LogP contribution in [0.2, 0.25) is 0 Å². The first kappa shape index (κ1) is 17.1. The van der Waals surface area contributed by atoms with Crippen molar-refractivity contribution in [1.29, 1.82) is 0 Å². The van der Waals surface area contributed by atoms with Crippen LogP contribution in [-0.4, -0.2) is 32.7 Å². The molecular weight excluding hydrogens is 300 g/mol. The molecule has 5 heteroatoms. The van der Waals surface area contributed by atoms with Crippen LogP contribution in [0.5, 0.6) is 5.75 Å². The molecule has 1 unspecified atom stereocenters. The number of amides is 1. The highest BCUT2D eigenvalue weighted by molar-refractivity contribution is 5.97. The number of nitrogens with one attached hydrogen (secondary N) is 1. The Morgan fingerprint density at radius 1 is 1.32 bits per heavy atom. The zero-order valence-electron chi connectivity index (χ0n) is 13.3. The number of methoxy groups -OCH3 is 1. The van der Waals surface area contributed by atoms with E-state index in [1.54, 1.807) is 7.11 Å². The highest BCUT2D eigenvalue weighted by atomic mass is 35.5. The summed E-state index contributed by atoms with van der Waals surface area (Å²) >= 11 is 0. The number of piperidine rings is 1. The van der Waals surface area contributed by atoms with Gasteiger partial charge in [-0.3, -0.25) is 4.79 Å². The number of hydrogen-bond acceptors (Lipinski definition) is 3. The Morgan fingerprint density at radius 3 is 2.50 bits per heavy atom. The van der Waals surface area contributed by atoms with Crippen LogP contribution in [0.3, 0.4) is 0 Å². The monoisotopic (exact) mass is 324 g/mol. The van der Waals surface area contributed by atoms with Crippen molar-refractivity contribution in [2.45, 2.75) is 26.2 Å². The first-order valence-corrected chi connectivity index (χ1v) is 7.86. The number of rotatable bonds is 4. The summed E-state index contributed by atoms with van der Waals surface area (Å²) in [5.41, 5.74) is 1.27. The second-order valence-corrected chi connectivity index (χ2v) is 6.15. The fourth-order valence-electron chi connectivity index (χ4n) is 3.59. The van der Waals surface area contributed by atoms with Crippen molar-refractivity contribution >= 4 is 24.0 Å². The van der Waals surface area contributed by atoms with Crippen LogP contribution in [0.25, 0.3) is 0 Å². The minimum Gasteiger partial charge on any atom is -0.497 e. The molecule has 1 saturated carbocycles.